The maximum Gasteiger partial charge on any atom is 0.125 e. The lowest BCUT2D eigenvalue weighted by molar-refractivity contribution is 0.402. The molecule has 0 fully saturated rings. The van der Waals surface area contributed by atoms with E-state index in [1.807, 2.05) is 12.1 Å². The first-order valence-corrected chi connectivity index (χ1v) is 6.43. The van der Waals surface area contributed by atoms with Gasteiger partial charge in [-0.15, -0.1) is 11.6 Å². The van der Waals surface area contributed by atoms with Gasteiger partial charge in [0.1, 0.15) is 5.75 Å². The quantitative estimate of drug-likeness (QED) is 0.701. The van der Waals surface area contributed by atoms with E-state index in [0.717, 1.165) is 29.2 Å². The van der Waals surface area contributed by atoms with Gasteiger partial charge >= 0.3 is 0 Å². The van der Waals surface area contributed by atoms with Crippen molar-refractivity contribution in [3.05, 3.63) is 28.3 Å². The van der Waals surface area contributed by atoms with Crippen LogP contribution in [-0.4, -0.2) is 13.0 Å². The molecule has 0 N–H and O–H groups in total. The van der Waals surface area contributed by atoms with Crippen LogP contribution in [0.3, 0.4) is 0 Å². The summed E-state index contributed by atoms with van der Waals surface area (Å²) in [7, 11) is 1.71. The molecule has 90 valence electrons. The summed E-state index contributed by atoms with van der Waals surface area (Å²) in [5, 5.41) is 0.772. The zero-order valence-corrected chi connectivity index (χ0v) is 11.5. The van der Waals surface area contributed by atoms with Crippen LogP contribution < -0.4 is 4.74 Å². The molecule has 1 aromatic carbocycles. The first kappa shape index (κ1) is 13.7. The minimum absolute atomic E-state index is 0.406. The number of benzene rings is 1. The highest BCUT2D eigenvalue weighted by Crippen LogP contribution is 2.33. The number of ether oxygens (including phenoxy) is 1. The van der Waals surface area contributed by atoms with Crippen LogP contribution in [0.2, 0.25) is 5.02 Å². The molecule has 0 spiro atoms. The van der Waals surface area contributed by atoms with Gasteiger partial charge in [0.2, 0.25) is 0 Å². The maximum absolute atomic E-state index is 6.11. The Kier molecular flexibility index (Phi) is 5.43. The van der Waals surface area contributed by atoms with Crippen LogP contribution in [0.4, 0.5) is 0 Å². The molecule has 0 unspecified atom stereocenters. The van der Waals surface area contributed by atoms with Crippen molar-refractivity contribution < 1.29 is 4.74 Å². The molecule has 0 aliphatic carbocycles. The number of methoxy groups -OCH3 is 1. The molecule has 1 aromatic rings. The molecule has 16 heavy (non-hydrogen) atoms. The van der Waals surface area contributed by atoms with Gasteiger partial charge in [0.25, 0.3) is 0 Å². The minimum atomic E-state index is 0.406. The monoisotopic (exact) mass is 260 g/mol. The van der Waals surface area contributed by atoms with Crippen LogP contribution in [0.5, 0.6) is 5.75 Å². The van der Waals surface area contributed by atoms with Crippen molar-refractivity contribution in [3.63, 3.8) is 0 Å². The van der Waals surface area contributed by atoms with Crippen molar-refractivity contribution in [2.45, 2.75) is 32.6 Å². The molecule has 3 heteroatoms. The predicted molar refractivity (Wildman–Crippen MR) is 71.1 cm³/mol. The second kappa shape index (κ2) is 6.36. The summed E-state index contributed by atoms with van der Waals surface area (Å²) in [6.45, 7) is 4.28. The Morgan fingerprint density at radius 1 is 1.31 bits per heavy atom. The smallest absolute Gasteiger partial charge is 0.125 e. The van der Waals surface area contributed by atoms with Gasteiger partial charge in [-0.3, -0.25) is 0 Å². The highest BCUT2D eigenvalue weighted by molar-refractivity contribution is 6.30. The number of halogens is 2. The van der Waals surface area contributed by atoms with Crippen LogP contribution in [-0.2, 0) is 6.42 Å². The van der Waals surface area contributed by atoms with E-state index in [0.29, 0.717) is 11.8 Å². The Hall–Kier alpha value is -0.400. The Morgan fingerprint density at radius 2 is 2.00 bits per heavy atom. The summed E-state index contributed by atoms with van der Waals surface area (Å²) in [5.41, 5.74) is 2.32. The lowest BCUT2D eigenvalue weighted by Crippen LogP contribution is -2.00. The van der Waals surface area contributed by atoms with E-state index in [1.54, 1.807) is 7.11 Å². The van der Waals surface area contributed by atoms with Gasteiger partial charge < -0.3 is 4.74 Å². The fourth-order valence-corrected chi connectivity index (χ4v) is 2.18. The first-order chi connectivity index (χ1) is 7.60. The molecule has 0 amide bonds. The highest BCUT2D eigenvalue weighted by atomic mass is 35.5. The van der Waals surface area contributed by atoms with Crippen LogP contribution in [0.1, 0.15) is 37.3 Å². The average Bonchev–Trinajstić information content (AvgIpc) is 2.25. The molecule has 1 rings (SSSR count). The summed E-state index contributed by atoms with van der Waals surface area (Å²) in [6, 6.07) is 3.95. The van der Waals surface area contributed by atoms with Crippen molar-refractivity contribution in [2.24, 2.45) is 0 Å². The van der Waals surface area contributed by atoms with E-state index in [1.165, 1.54) is 5.56 Å². The summed E-state index contributed by atoms with van der Waals surface area (Å²) in [4.78, 5) is 0. The number of alkyl halides is 1. The highest BCUT2D eigenvalue weighted by Gasteiger charge is 2.13. The second-order valence-corrected chi connectivity index (χ2v) is 4.95. The third kappa shape index (κ3) is 3.29. The summed E-state index contributed by atoms with van der Waals surface area (Å²) < 4.78 is 5.49. The van der Waals surface area contributed by atoms with Crippen LogP contribution >= 0.6 is 23.2 Å². The fraction of sp³-hybridized carbons (Fsp3) is 0.538. The van der Waals surface area contributed by atoms with E-state index < -0.39 is 0 Å². The number of rotatable bonds is 5. The van der Waals surface area contributed by atoms with Crippen molar-refractivity contribution in [2.75, 3.05) is 13.0 Å². The zero-order chi connectivity index (χ0) is 12.1. The molecule has 0 aliphatic rings. The lowest BCUT2D eigenvalue weighted by Gasteiger charge is -2.16. The van der Waals surface area contributed by atoms with Gasteiger partial charge in [-0.05, 0) is 42.0 Å². The molecule has 0 bridgehead atoms. The van der Waals surface area contributed by atoms with Crippen LogP contribution in [0.25, 0.3) is 0 Å². The molecule has 0 aliphatic heterocycles. The van der Waals surface area contributed by atoms with Gasteiger partial charge in [-0.25, -0.2) is 0 Å². The maximum atomic E-state index is 6.11. The van der Waals surface area contributed by atoms with Gasteiger partial charge in [0.15, 0.2) is 0 Å². The van der Waals surface area contributed by atoms with E-state index >= 15 is 0 Å². The molecule has 1 nitrogen and oxygen atoms in total. The Labute approximate surface area is 108 Å². The fourth-order valence-electron chi connectivity index (χ4n) is 1.79. The normalized spacial score (nSPS) is 10.9. The number of aryl methyl sites for hydroxylation is 1. The van der Waals surface area contributed by atoms with E-state index in [2.05, 4.69) is 13.8 Å². The Morgan fingerprint density at radius 3 is 2.50 bits per heavy atom. The van der Waals surface area contributed by atoms with E-state index in [-0.39, 0.29) is 0 Å². The summed E-state index contributed by atoms with van der Waals surface area (Å²) >= 11 is 11.8. The standard InChI is InChI=1S/C13H18Cl2O/c1-9(2)12-8-11(15)7-10(5-4-6-14)13(12)16-3/h7-9H,4-6H2,1-3H3. The molecule has 0 atom stereocenters. The van der Waals surface area contributed by atoms with Gasteiger partial charge in [-0.1, -0.05) is 25.4 Å². The zero-order valence-electron chi connectivity index (χ0n) is 10.0. The molecule has 0 saturated carbocycles. The van der Waals surface area contributed by atoms with Crippen LogP contribution in [0.15, 0.2) is 12.1 Å². The third-order valence-electron chi connectivity index (χ3n) is 2.57. The molecule has 0 radical (unpaired) electrons. The summed E-state index contributed by atoms with van der Waals surface area (Å²) in [6.07, 6.45) is 1.85. The minimum Gasteiger partial charge on any atom is -0.496 e. The SMILES string of the molecule is COc1c(CCCCl)cc(Cl)cc1C(C)C. The lowest BCUT2D eigenvalue weighted by atomic mass is 9.97. The topological polar surface area (TPSA) is 9.23 Å². The average molecular weight is 261 g/mol. The first-order valence-electron chi connectivity index (χ1n) is 5.52. The van der Waals surface area contributed by atoms with Gasteiger partial charge in [0.05, 0.1) is 7.11 Å². The van der Waals surface area contributed by atoms with Crippen molar-refractivity contribution in [1.82, 2.24) is 0 Å². The van der Waals surface area contributed by atoms with Crippen LogP contribution in [0, 0.1) is 0 Å². The van der Waals surface area contributed by atoms with E-state index in [9.17, 15) is 0 Å². The third-order valence-corrected chi connectivity index (χ3v) is 3.05. The molecule has 0 aromatic heterocycles. The second-order valence-electron chi connectivity index (χ2n) is 4.13. The van der Waals surface area contributed by atoms with E-state index in [4.69, 9.17) is 27.9 Å². The van der Waals surface area contributed by atoms with Crippen molar-refractivity contribution >= 4 is 23.2 Å². The Bertz CT molecular complexity index is 348. The largest absolute Gasteiger partial charge is 0.496 e. The molecular formula is C13H18Cl2O. The summed E-state index contributed by atoms with van der Waals surface area (Å²) in [5.74, 6) is 2.03. The van der Waals surface area contributed by atoms with Crippen molar-refractivity contribution in [3.8, 4) is 5.75 Å². The predicted octanol–water partition coefficient (Wildman–Crippen LogP) is 4.64. The molecular weight excluding hydrogens is 243 g/mol. The van der Waals surface area contributed by atoms with Gasteiger partial charge in [-0.2, -0.15) is 0 Å². The number of hydrogen-bond acceptors (Lipinski definition) is 1. The Balaban J connectivity index is 3.14. The number of hydrogen-bond donors (Lipinski definition) is 0. The van der Waals surface area contributed by atoms with Gasteiger partial charge in [0, 0.05) is 10.9 Å². The molecule has 0 heterocycles. The molecule has 0 saturated heterocycles. The van der Waals surface area contributed by atoms with Crippen molar-refractivity contribution in [1.29, 1.82) is 0 Å².